The molecule has 0 amide bonds. The molecule has 2 aromatic heterocycles. The second-order valence-corrected chi connectivity index (χ2v) is 5.70. The maximum Gasteiger partial charge on any atom is 0.226 e. The fourth-order valence-corrected chi connectivity index (χ4v) is 3.04. The first-order valence-corrected chi connectivity index (χ1v) is 8.00. The van der Waals surface area contributed by atoms with Crippen molar-refractivity contribution in [1.29, 1.82) is 0 Å². The summed E-state index contributed by atoms with van der Waals surface area (Å²) >= 11 is 6.05. The third-order valence-electron chi connectivity index (χ3n) is 3.89. The topological polar surface area (TPSA) is 85.1 Å². The Morgan fingerprint density at radius 2 is 2.14 bits per heavy atom. The first-order valence-electron chi connectivity index (χ1n) is 7.62. The number of hydrogen-bond acceptors (Lipinski definition) is 6. The lowest BCUT2D eigenvalue weighted by Gasteiger charge is -2.12. The summed E-state index contributed by atoms with van der Waals surface area (Å²) in [4.78, 5) is 13.0. The molecule has 0 aliphatic heterocycles. The fourth-order valence-electron chi connectivity index (χ4n) is 2.87. The number of rotatable bonds is 7. The van der Waals surface area contributed by atoms with Crippen molar-refractivity contribution in [3.8, 4) is 0 Å². The summed E-state index contributed by atoms with van der Waals surface area (Å²) in [5.74, 6) is 0.624. The molecule has 3 rings (SSSR count). The van der Waals surface area contributed by atoms with Gasteiger partial charge in [0, 0.05) is 12.6 Å². The monoisotopic (exact) mass is 325 g/mol. The smallest absolute Gasteiger partial charge is 0.226 e. The Bertz CT molecular complexity index is 627. The van der Waals surface area contributed by atoms with Gasteiger partial charge in [-0.2, -0.15) is 9.97 Å². The Labute approximate surface area is 133 Å². The highest BCUT2D eigenvalue weighted by Gasteiger charge is 2.21. The number of anilines is 1. The third kappa shape index (κ3) is 3.31. The maximum absolute atomic E-state index is 8.67. The normalized spacial score (nSPS) is 15.7. The largest absolute Gasteiger partial charge is 0.394 e. The highest BCUT2D eigenvalue weighted by Crippen LogP contribution is 2.32. The van der Waals surface area contributed by atoms with Crippen LogP contribution in [0.2, 0.25) is 5.28 Å². The molecule has 0 atom stereocenters. The Balaban J connectivity index is 1.78. The molecule has 1 fully saturated rings. The zero-order chi connectivity index (χ0) is 15.4. The van der Waals surface area contributed by atoms with E-state index in [4.69, 9.17) is 21.4 Å². The molecule has 0 aromatic carbocycles. The van der Waals surface area contributed by atoms with Crippen molar-refractivity contribution < 1.29 is 9.84 Å². The molecule has 120 valence electrons. The van der Waals surface area contributed by atoms with Gasteiger partial charge in [0.1, 0.15) is 0 Å². The van der Waals surface area contributed by atoms with Gasteiger partial charge in [-0.25, -0.2) is 4.98 Å². The molecule has 0 spiro atoms. The molecular weight excluding hydrogens is 306 g/mol. The van der Waals surface area contributed by atoms with Crippen LogP contribution < -0.4 is 5.32 Å². The first-order chi connectivity index (χ1) is 10.8. The predicted molar refractivity (Wildman–Crippen MR) is 84.2 cm³/mol. The van der Waals surface area contributed by atoms with E-state index in [0.29, 0.717) is 31.6 Å². The number of aromatic nitrogens is 4. The van der Waals surface area contributed by atoms with Crippen LogP contribution in [0.15, 0.2) is 6.33 Å². The Morgan fingerprint density at radius 3 is 2.91 bits per heavy atom. The van der Waals surface area contributed by atoms with Crippen molar-refractivity contribution in [3.05, 3.63) is 11.6 Å². The van der Waals surface area contributed by atoms with Crippen LogP contribution in [-0.4, -0.2) is 51.0 Å². The van der Waals surface area contributed by atoms with E-state index in [0.717, 1.165) is 24.0 Å². The molecule has 1 aliphatic rings. The van der Waals surface area contributed by atoms with Crippen LogP contribution in [0.4, 0.5) is 5.82 Å². The van der Waals surface area contributed by atoms with Crippen molar-refractivity contribution in [2.75, 3.05) is 31.7 Å². The van der Waals surface area contributed by atoms with E-state index in [-0.39, 0.29) is 11.9 Å². The van der Waals surface area contributed by atoms with Crippen molar-refractivity contribution in [2.24, 2.45) is 0 Å². The molecule has 7 nitrogen and oxygen atoms in total. The van der Waals surface area contributed by atoms with E-state index >= 15 is 0 Å². The van der Waals surface area contributed by atoms with Gasteiger partial charge in [0.05, 0.1) is 26.1 Å². The van der Waals surface area contributed by atoms with Crippen LogP contribution >= 0.6 is 11.6 Å². The predicted octanol–water partition coefficient (Wildman–Crippen LogP) is 2.02. The van der Waals surface area contributed by atoms with E-state index in [1.807, 2.05) is 6.33 Å². The SMILES string of the molecule is OCCOCCNc1nc(Cl)nc2c1ncn2C1CCCC1. The van der Waals surface area contributed by atoms with E-state index in [1.54, 1.807) is 0 Å². The van der Waals surface area contributed by atoms with Crippen molar-refractivity contribution in [3.63, 3.8) is 0 Å². The molecular formula is C14H20ClN5O2. The highest BCUT2D eigenvalue weighted by molar-refractivity contribution is 6.28. The summed E-state index contributed by atoms with van der Waals surface area (Å²) in [5.41, 5.74) is 1.52. The second-order valence-electron chi connectivity index (χ2n) is 5.37. The van der Waals surface area contributed by atoms with Crippen LogP contribution in [0.3, 0.4) is 0 Å². The number of aliphatic hydroxyl groups excluding tert-OH is 1. The van der Waals surface area contributed by atoms with Crippen molar-refractivity contribution >= 4 is 28.6 Å². The third-order valence-corrected chi connectivity index (χ3v) is 4.06. The van der Waals surface area contributed by atoms with E-state index in [2.05, 4.69) is 24.8 Å². The number of fused-ring (bicyclic) bond motifs is 1. The average Bonchev–Trinajstić information content (AvgIpc) is 3.15. The molecule has 0 radical (unpaired) electrons. The summed E-state index contributed by atoms with van der Waals surface area (Å²) in [7, 11) is 0. The first kappa shape index (κ1) is 15.5. The lowest BCUT2D eigenvalue weighted by molar-refractivity contribution is 0.0992. The highest BCUT2D eigenvalue weighted by atomic mass is 35.5. The van der Waals surface area contributed by atoms with Gasteiger partial charge in [-0.05, 0) is 24.4 Å². The number of nitrogens with zero attached hydrogens (tertiary/aromatic N) is 4. The zero-order valence-electron chi connectivity index (χ0n) is 12.3. The molecule has 2 N–H and O–H groups in total. The molecule has 8 heteroatoms. The minimum absolute atomic E-state index is 0.0232. The minimum atomic E-state index is 0.0232. The van der Waals surface area contributed by atoms with Crippen LogP contribution in [0.1, 0.15) is 31.7 Å². The lowest BCUT2D eigenvalue weighted by Crippen LogP contribution is -2.13. The molecule has 0 bridgehead atoms. The summed E-state index contributed by atoms with van der Waals surface area (Å²) in [6.45, 7) is 1.40. The summed E-state index contributed by atoms with van der Waals surface area (Å²) < 4.78 is 7.33. The zero-order valence-corrected chi connectivity index (χ0v) is 13.1. The molecule has 2 aromatic rings. The maximum atomic E-state index is 8.67. The number of hydrogen-bond donors (Lipinski definition) is 2. The Hall–Kier alpha value is -1.44. The standard InChI is InChI=1S/C14H20ClN5O2/c15-14-18-12(16-5-7-22-8-6-21)11-13(19-14)20(9-17-11)10-3-1-2-4-10/h9-10,21H,1-8H2,(H,16,18,19). The molecule has 0 unspecified atom stereocenters. The number of imidazole rings is 1. The number of aliphatic hydroxyl groups is 1. The Morgan fingerprint density at radius 1 is 1.32 bits per heavy atom. The van der Waals surface area contributed by atoms with Crippen molar-refractivity contribution in [2.45, 2.75) is 31.7 Å². The lowest BCUT2D eigenvalue weighted by atomic mass is 10.2. The fraction of sp³-hybridized carbons (Fsp3) is 0.643. The van der Waals surface area contributed by atoms with Gasteiger partial charge in [0.15, 0.2) is 17.0 Å². The van der Waals surface area contributed by atoms with Gasteiger partial charge < -0.3 is 19.7 Å². The van der Waals surface area contributed by atoms with Gasteiger partial charge in [-0.15, -0.1) is 0 Å². The summed E-state index contributed by atoms with van der Waals surface area (Å²) in [6, 6.07) is 0.455. The molecule has 1 aliphatic carbocycles. The second kappa shape index (κ2) is 7.21. The quantitative estimate of drug-likeness (QED) is 0.598. The van der Waals surface area contributed by atoms with Gasteiger partial charge in [-0.1, -0.05) is 12.8 Å². The van der Waals surface area contributed by atoms with Gasteiger partial charge in [-0.3, -0.25) is 0 Å². The van der Waals surface area contributed by atoms with Crippen LogP contribution in [-0.2, 0) is 4.74 Å². The van der Waals surface area contributed by atoms with Crippen molar-refractivity contribution in [1.82, 2.24) is 19.5 Å². The molecule has 2 heterocycles. The number of halogens is 1. The molecule has 1 saturated carbocycles. The van der Waals surface area contributed by atoms with Gasteiger partial charge >= 0.3 is 0 Å². The Kier molecular flexibility index (Phi) is 5.07. The molecule has 22 heavy (non-hydrogen) atoms. The van der Waals surface area contributed by atoms with E-state index in [1.165, 1.54) is 12.8 Å². The van der Waals surface area contributed by atoms with E-state index in [9.17, 15) is 0 Å². The van der Waals surface area contributed by atoms with Gasteiger partial charge in [0.25, 0.3) is 0 Å². The number of nitrogens with one attached hydrogen (secondary N) is 1. The van der Waals surface area contributed by atoms with E-state index < -0.39 is 0 Å². The summed E-state index contributed by atoms with van der Waals surface area (Å²) in [6.07, 6.45) is 6.64. The summed E-state index contributed by atoms with van der Waals surface area (Å²) in [5, 5.41) is 12.1. The van der Waals surface area contributed by atoms with Gasteiger partial charge in [0.2, 0.25) is 5.28 Å². The van der Waals surface area contributed by atoms with Crippen LogP contribution in [0.5, 0.6) is 0 Å². The minimum Gasteiger partial charge on any atom is -0.394 e. The number of ether oxygens (including phenoxy) is 1. The van der Waals surface area contributed by atoms with Crippen LogP contribution in [0, 0.1) is 0 Å². The average molecular weight is 326 g/mol. The van der Waals surface area contributed by atoms with Crippen LogP contribution in [0.25, 0.3) is 11.2 Å². The molecule has 0 saturated heterocycles.